The van der Waals surface area contributed by atoms with Crippen LogP contribution in [0.1, 0.15) is 17.3 Å². The van der Waals surface area contributed by atoms with Gasteiger partial charge in [0.05, 0.1) is 12.0 Å². The predicted molar refractivity (Wildman–Crippen MR) is 108 cm³/mol. The molecule has 0 radical (unpaired) electrons. The van der Waals surface area contributed by atoms with Gasteiger partial charge < -0.3 is 9.15 Å². The van der Waals surface area contributed by atoms with Gasteiger partial charge in [-0.1, -0.05) is 30.3 Å². The van der Waals surface area contributed by atoms with E-state index in [1.807, 2.05) is 24.3 Å². The van der Waals surface area contributed by atoms with Crippen molar-refractivity contribution in [3.8, 4) is 28.3 Å². The van der Waals surface area contributed by atoms with E-state index in [1.54, 1.807) is 24.3 Å². The van der Waals surface area contributed by atoms with Crippen LogP contribution in [0.4, 0.5) is 5.69 Å². The fourth-order valence-corrected chi connectivity index (χ4v) is 3.09. The Morgan fingerprint density at radius 2 is 1.69 bits per heavy atom. The average molecular weight is 388 g/mol. The molecule has 0 unspecified atom stereocenters. The number of nitro benzene ring substituents is 1. The molecule has 7 nitrogen and oxygen atoms in total. The minimum absolute atomic E-state index is 0.0155. The summed E-state index contributed by atoms with van der Waals surface area (Å²) in [5.74, 6) is 0.475. The van der Waals surface area contributed by atoms with Gasteiger partial charge >= 0.3 is 5.69 Å². The van der Waals surface area contributed by atoms with Gasteiger partial charge in [-0.15, -0.1) is 0 Å². The van der Waals surface area contributed by atoms with Gasteiger partial charge in [-0.2, -0.15) is 0 Å². The molecule has 0 saturated heterocycles. The maximum Gasteiger partial charge on any atom is 0.311 e. The number of ketones is 1. The zero-order valence-corrected chi connectivity index (χ0v) is 15.7. The summed E-state index contributed by atoms with van der Waals surface area (Å²) in [7, 11) is 1.38. The molecular formula is C22H16N2O5. The van der Waals surface area contributed by atoms with Gasteiger partial charge in [-0.25, -0.2) is 4.98 Å². The summed E-state index contributed by atoms with van der Waals surface area (Å²) < 4.78 is 10.8. The third-order valence-corrected chi connectivity index (χ3v) is 4.63. The lowest BCUT2D eigenvalue weighted by molar-refractivity contribution is -0.385. The first-order chi connectivity index (χ1) is 14.0. The summed E-state index contributed by atoms with van der Waals surface area (Å²) >= 11 is 0. The van der Waals surface area contributed by atoms with E-state index < -0.39 is 4.92 Å². The Bertz CT molecular complexity index is 1240. The van der Waals surface area contributed by atoms with Gasteiger partial charge in [-0.3, -0.25) is 14.9 Å². The molecule has 0 bridgehead atoms. The zero-order chi connectivity index (χ0) is 20.5. The number of rotatable bonds is 5. The average Bonchev–Trinajstić information content (AvgIpc) is 3.16. The van der Waals surface area contributed by atoms with Gasteiger partial charge in [0.25, 0.3) is 0 Å². The van der Waals surface area contributed by atoms with Gasteiger partial charge in [0.15, 0.2) is 17.1 Å². The van der Waals surface area contributed by atoms with E-state index in [2.05, 4.69) is 4.98 Å². The number of oxazole rings is 1. The van der Waals surface area contributed by atoms with Crippen LogP contribution in [0.5, 0.6) is 5.75 Å². The Balaban J connectivity index is 1.73. The molecule has 0 aliphatic carbocycles. The number of nitro groups is 1. The molecule has 29 heavy (non-hydrogen) atoms. The van der Waals surface area contributed by atoms with Crippen LogP contribution in [0.25, 0.3) is 33.7 Å². The number of aromatic nitrogens is 1. The van der Waals surface area contributed by atoms with Crippen molar-refractivity contribution in [2.45, 2.75) is 6.92 Å². The quantitative estimate of drug-likeness (QED) is 0.262. The summed E-state index contributed by atoms with van der Waals surface area (Å²) in [6, 6.07) is 17.5. The molecule has 0 spiro atoms. The van der Waals surface area contributed by atoms with Crippen LogP contribution in [0.3, 0.4) is 0 Å². The first-order valence-corrected chi connectivity index (χ1v) is 8.81. The predicted octanol–water partition coefficient (Wildman–Crippen LogP) is 5.28. The first-order valence-electron chi connectivity index (χ1n) is 8.81. The highest BCUT2D eigenvalue weighted by Gasteiger charge is 2.18. The Kier molecular flexibility index (Phi) is 4.56. The molecule has 4 aromatic rings. The maximum absolute atomic E-state index is 11.4. The summed E-state index contributed by atoms with van der Waals surface area (Å²) in [5.41, 5.74) is 4.06. The van der Waals surface area contributed by atoms with E-state index in [9.17, 15) is 14.9 Å². The van der Waals surface area contributed by atoms with Gasteiger partial charge in [0.2, 0.25) is 5.89 Å². The summed E-state index contributed by atoms with van der Waals surface area (Å²) in [4.78, 5) is 26.7. The van der Waals surface area contributed by atoms with Crippen LogP contribution >= 0.6 is 0 Å². The van der Waals surface area contributed by atoms with Crippen molar-refractivity contribution in [3.05, 3.63) is 76.3 Å². The van der Waals surface area contributed by atoms with E-state index in [4.69, 9.17) is 9.15 Å². The Morgan fingerprint density at radius 3 is 2.34 bits per heavy atom. The molecule has 144 valence electrons. The topological polar surface area (TPSA) is 95.5 Å². The fraction of sp³-hybridized carbons (Fsp3) is 0.0909. The highest BCUT2D eigenvalue weighted by molar-refractivity contribution is 5.94. The smallest absolute Gasteiger partial charge is 0.311 e. The van der Waals surface area contributed by atoms with Crippen molar-refractivity contribution in [3.63, 3.8) is 0 Å². The minimum atomic E-state index is -0.506. The molecule has 3 aromatic carbocycles. The molecule has 4 rings (SSSR count). The number of hydrogen-bond donors (Lipinski definition) is 0. The lowest BCUT2D eigenvalue weighted by Crippen LogP contribution is -1.94. The Hall–Kier alpha value is -4.00. The molecule has 1 aromatic heterocycles. The van der Waals surface area contributed by atoms with Crippen LogP contribution in [0, 0.1) is 10.1 Å². The fourth-order valence-electron chi connectivity index (χ4n) is 3.09. The molecule has 0 amide bonds. The van der Waals surface area contributed by atoms with Crippen molar-refractivity contribution >= 4 is 22.6 Å². The van der Waals surface area contributed by atoms with Crippen LogP contribution in [0.2, 0.25) is 0 Å². The van der Waals surface area contributed by atoms with Crippen molar-refractivity contribution in [2.75, 3.05) is 7.11 Å². The lowest BCUT2D eigenvalue weighted by atomic mass is 10.0. The number of Topliss-reactive ketones (excluding diaryl/α,β-unsaturated/α-hetero) is 1. The second-order valence-electron chi connectivity index (χ2n) is 6.48. The molecule has 0 aliphatic heterocycles. The summed E-state index contributed by atoms with van der Waals surface area (Å²) in [6.45, 7) is 1.53. The number of carbonyl (C=O) groups excluding carboxylic acids is 1. The number of hydrogen-bond acceptors (Lipinski definition) is 6. The molecule has 0 saturated carbocycles. The van der Waals surface area contributed by atoms with Crippen molar-refractivity contribution in [2.24, 2.45) is 0 Å². The van der Waals surface area contributed by atoms with E-state index in [0.29, 0.717) is 22.2 Å². The van der Waals surface area contributed by atoms with Crippen LogP contribution in [0.15, 0.2) is 65.1 Å². The van der Waals surface area contributed by atoms with Crippen LogP contribution < -0.4 is 4.74 Å². The Morgan fingerprint density at radius 1 is 1.00 bits per heavy atom. The van der Waals surface area contributed by atoms with Crippen LogP contribution in [-0.2, 0) is 0 Å². The number of carbonyl (C=O) groups is 1. The minimum Gasteiger partial charge on any atom is -0.490 e. The summed E-state index contributed by atoms with van der Waals surface area (Å²) in [5, 5.41) is 11.3. The number of benzene rings is 3. The monoisotopic (exact) mass is 388 g/mol. The largest absolute Gasteiger partial charge is 0.490 e. The maximum atomic E-state index is 11.4. The standard InChI is InChI=1S/C22H16N2O5/c1-13(25)14-3-5-15(6-4-14)16-7-9-20-18(11-16)23-22(29-20)17-8-10-21(28-2)19(12-17)24(26)27/h3-12H,1-2H3. The second-order valence-corrected chi connectivity index (χ2v) is 6.48. The van der Waals surface area contributed by atoms with E-state index in [1.165, 1.54) is 26.2 Å². The highest BCUT2D eigenvalue weighted by Crippen LogP contribution is 2.34. The third kappa shape index (κ3) is 3.45. The lowest BCUT2D eigenvalue weighted by Gasteiger charge is -2.02. The number of nitrogens with zero attached hydrogens (tertiary/aromatic N) is 2. The van der Waals surface area contributed by atoms with E-state index in [-0.39, 0.29) is 23.1 Å². The van der Waals surface area contributed by atoms with Gasteiger partial charge in [0, 0.05) is 17.2 Å². The highest BCUT2D eigenvalue weighted by atomic mass is 16.6. The van der Waals surface area contributed by atoms with E-state index >= 15 is 0 Å². The summed E-state index contributed by atoms with van der Waals surface area (Å²) in [6.07, 6.45) is 0. The third-order valence-electron chi connectivity index (χ3n) is 4.63. The molecule has 0 aliphatic rings. The van der Waals surface area contributed by atoms with Crippen molar-refractivity contribution < 1.29 is 18.9 Å². The van der Waals surface area contributed by atoms with Crippen molar-refractivity contribution in [1.29, 1.82) is 0 Å². The first kappa shape index (κ1) is 18.4. The number of fused-ring (bicyclic) bond motifs is 1. The Labute approximate surface area is 165 Å². The molecule has 0 atom stereocenters. The zero-order valence-electron chi connectivity index (χ0n) is 15.7. The molecule has 0 N–H and O–H groups in total. The van der Waals surface area contributed by atoms with Crippen molar-refractivity contribution in [1.82, 2.24) is 4.98 Å². The number of methoxy groups -OCH3 is 1. The normalized spacial score (nSPS) is 10.8. The molecule has 1 heterocycles. The SMILES string of the molecule is COc1ccc(-c2nc3cc(-c4ccc(C(C)=O)cc4)ccc3o2)cc1[N+](=O)[O-]. The van der Waals surface area contributed by atoms with Gasteiger partial charge in [0.1, 0.15) is 5.52 Å². The molecule has 7 heteroatoms. The molecular weight excluding hydrogens is 372 g/mol. The van der Waals surface area contributed by atoms with E-state index in [0.717, 1.165) is 11.1 Å². The molecule has 0 fully saturated rings. The van der Waals surface area contributed by atoms with Crippen LogP contribution in [-0.4, -0.2) is 22.8 Å². The number of ether oxygens (including phenoxy) is 1. The van der Waals surface area contributed by atoms with Gasteiger partial charge in [-0.05, 0) is 42.3 Å². The second kappa shape index (κ2) is 7.20.